The van der Waals surface area contributed by atoms with Gasteiger partial charge in [-0.1, -0.05) is 39.8 Å². The molecular weight excluding hydrogens is 134 g/mol. The molecule has 1 heteroatoms. The van der Waals surface area contributed by atoms with Crippen LogP contribution in [0.4, 0.5) is 0 Å². The standard InChI is InChI=1S/C7H11N.C3H8/c1-4-6-7(5-2)8-3;1-3-2/h4,6H,1,3,5H2,2H3;3H2,1-2H3/b7-6-;. The molecule has 64 valence electrons. The first kappa shape index (κ1) is 12.8. The molecule has 0 N–H and O–H groups in total. The number of allylic oxidation sites excluding steroid dienone is 3. The Morgan fingerprint density at radius 3 is 1.91 bits per heavy atom. The van der Waals surface area contributed by atoms with Gasteiger partial charge in [-0.3, -0.25) is 4.99 Å². The Morgan fingerprint density at radius 2 is 1.82 bits per heavy atom. The van der Waals surface area contributed by atoms with Crippen molar-refractivity contribution >= 4 is 6.72 Å². The molecule has 0 amide bonds. The summed E-state index contributed by atoms with van der Waals surface area (Å²) in [7, 11) is 0. The van der Waals surface area contributed by atoms with Gasteiger partial charge in [0.05, 0.1) is 0 Å². The van der Waals surface area contributed by atoms with E-state index in [0.29, 0.717) is 0 Å². The lowest BCUT2D eigenvalue weighted by Crippen LogP contribution is -1.69. The first-order chi connectivity index (χ1) is 5.26. The molecule has 0 aliphatic rings. The highest BCUT2D eigenvalue weighted by molar-refractivity contribution is 5.29. The number of hydrogen-bond donors (Lipinski definition) is 0. The van der Waals surface area contributed by atoms with Crippen LogP contribution in [0.2, 0.25) is 0 Å². The summed E-state index contributed by atoms with van der Waals surface area (Å²) in [6, 6.07) is 0. The minimum atomic E-state index is 0.926. The number of aliphatic imine (C=N–C) groups is 1. The lowest BCUT2D eigenvalue weighted by atomic mass is 10.3. The Bertz CT molecular complexity index is 123. The predicted molar refractivity (Wildman–Crippen MR) is 54.1 cm³/mol. The fourth-order valence-electron chi connectivity index (χ4n) is 0.418. The second-order valence-corrected chi connectivity index (χ2v) is 2.11. The van der Waals surface area contributed by atoms with Crippen LogP contribution >= 0.6 is 0 Å². The molecule has 0 aromatic heterocycles. The molecule has 0 saturated heterocycles. The molecule has 11 heavy (non-hydrogen) atoms. The molecule has 0 unspecified atom stereocenters. The molecule has 0 aromatic carbocycles. The van der Waals surface area contributed by atoms with E-state index in [4.69, 9.17) is 0 Å². The van der Waals surface area contributed by atoms with Gasteiger partial charge in [-0.05, 0) is 19.2 Å². The van der Waals surface area contributed by atoms with Crippen LogP contribution < -0.4 is 0 Å². The van der Waals surface area contributed by atoms with Crippen LogP contribution in [-0.4, -0.2) is 6.72 Å². The van der Waals surface area contributed by atoms with Crippen molar-refractivity contribution in [1.29, 1.82) is 0 Å². The first-order valence-corrected chi connectivity index (χ1v) is 4.04. The number of hydrogen-bond acceptors (Lipinski definition) is 1. The molecule has 0 aromatic rings. The zero-order chi connectivity index (χ0) is 9.11. The summed E-state index contributed by atoms with van der Waals surface area (Å²) in [6.45, 7) is 13.2. The predicted octanol–water partition coefficient (Wildman–Crippen LogP) is 3.58. The highest BCUT2D eigenvalue weighted by atomic mass is 14.7. The van der Waals surface area contributed by atoms with Crippen LogP contribution in [0.5, 0.6) is 0 Å². The molecule has 0 aliphatic carbocycles. The summed E-state index contributed by atoms with van der Waals surface area (Å²) in [4.78, 5) is 3.74. The van der Waals surface area contributed by atoms with Gasteiger partial charge >= 0.3 is 0 Å². The maximum Gasteiger partial charge on any atom is 0.0393 e. The Labute approximate surface area is 70.5 Å². The Balaban J connectivity index is 0. The average molecular weight is 153 g/mol. The fourth-order valence-corrected chi connectivity index (χ4v) is 0.418. The molecule has 0 rings (SSSR count). The second kappa shape index (κ2) is 11.9. The van der Waals surface area contributed by atoms with Gasteiger partial charge in [-0.15, -0.1) is 0 Å². The summed E-state index contributed by atoms with van der Waals surface area (Å²) in [5.41, 5.74) is 0.986. The molecule has 0 spiro atoms. The highest BCUT2D eigenvalue weighted by Crippen LogP contribution is 1.99. The molecule has 0 aliphatic heterocycles. The third-order valence-corrected chi connectivity index (χ3v) is 0.876. The molecule has 0 radical (unpaired) electrons. The Morgan fingerprint density at radius 1 is 1.36 bits per heavy atom. The Hall–Kier alpha value is -0.850. The van der Waals surface area contributed by atoms with Crippen LogP contribution in [-0.2, 0) is 0 Å². The van der Waals surface area contributed by atoms with Crippen LogP contribution in [0, 0.1) is 0 Å². The SMILES string of the molecule is C=C/C=C(/CC)N=C.CCC. The maximum absolute atomic E-state index is 3.74. The Kier molecular flexibility index (Phi) is 13.8. The first-order valence-electron chi connectivity index (χ1n) is 4.04. The number of rotatable bonds is 3. The summed E-state index contributed by atoms with van der Waals surface area (Å²) < 4.78 is 0. The molecule has 0 fully saturated rings. The van der Waals surface area contributed by atoms with E-state index in [1.807, 2.05) is 13.0 Å². The van der Waals surface area contributed by atoms with E-state index in [0.717, 1.165) is 12.1 Å². The van der Waals surface area contributed by atoms with Crippen LogP contribution in [0.3, 0.4) is 0 Å². The van der Waals surface area contributed by atoms with Gasteiger partial charge < -0.3 is 0 Å². The van der Waals surface area contributed by atoms with Crippen molar-refractivity contribution in [2.24, 2.45) is 4.99 Å². The van der Waals surface area contributed by atoms with E-state index in [9.17, 15) is 0 Å². The van der Waals surface area contributed by atoms with Crippen molar-refractivity contribution in [2.45, 2.75) is 33.6 Å². The average Bonchev–Trinajstić information content (AvgIpc) is 2.02. The smallest absolute Gasteiger partial charge is 0.0393 e. The van der Waals surface area contributed by atoms with Crippen molar-refractivity contribution in [1.82, 2.24) is 0 Å². The normalized spacial score (nSPS) is 9.55. The minimum Gasteiger partial charge on any atom is -0.269 e. The van der Waals surface area contributed by atoms with Crippen molar-refractivity contribution in [3.63, 3.8) is 0 Å². The summed E-state index contributed by atoms with van der Waals surface area (Å²) in [5.74, 6) is 0. The lowest BCUT2D eigenvalue weighted by Gasteiger charge is -1.88. The van der Waals surface area contributed by atoms with Crippen molar-refractivity contribution < 1.29 is 0 Å². The van der Waals surface area contributed by atoms with E-state index in [1.54, 1.807) is 6.08 Å². The van der Waals surface area contributed by atoms with Crippen molar-refractivity contribution in [3.05, 3.63) is 24.4 Å². The topological polar surface area (TPSA) is 12.4 Å². The van der Waals surface area contributed by atoms with E-state index < -0.39 is 0 Å². The fraction of sp³-hybridized carbons (Fsp3) is 0.500. The van der Waals surface area contributed by atoms with Gasteiger partial charge in [0.15, 0.2) is 0 Å². The summed E-state index contributed by atoms with van der Waals surface area (Å²) >= 11 is 0. The van der Waals surface area contributed by atoms with Crippen LogP contribution in [0.25, 0.3) is 0 Å². The van der Waals surface area contributed by atoms with Crippen LogP contribution in [0.1, 0.15) is 33.6 Å². The van der Waals surface area contributed by atoms with Crippen molar-refractivity contribution in [3.8, 4) is 0 Å². The van der Waals surface area contributed by atoms with Crippen molar-refractivity contribution in [2.75, 3.05) is 0 Å². The molecule has 0 bridgehead atoms. The van der Waals surface area contributed by atoms with Gasteiger partial charge in [0.1, 0.15) is 0 Å². The summed E-state index contributed by atoms with van der Waals surface area (Å²) in [6.07, 6.45) is 5.75. The lowest BCUT2D eigenvalue weighted by molar-refractivity contribution is 1.08. The third-order valence-electron chi connectivity index (χ3n) is 0.876. The molecular formula is C10H19N. The van der Waals surface area contributed by atoms with Gasteiger partial charge in [-0.2, -0.15) is 0 Å². The zero-order valence-electron chi connectivity index (χ0n) is 7.93. The monoisotopic (exact) mass is 153 g/mol. The van der Waals surface area contributed by atoms with E-state index in [1.165, 1.54) is 6.42 Å². The zero-order valence-corrected chi connectivity index (χ0v) is 7.93. The highest BCUT2D eigenvalue weighted by Gasteiger charge is 1.80. The quantitative estimate of drug-likeness (QED) is 0.434. The van der Waals surface area contributed by atoms with Gasteiger partial charge in [0, 0.05) is 5.70 Å². The largest absolute Gasteiger partial charge is 0.269 e. The molecule has 0 heterocycles. The van der Waals surface area contributed by atoms with Crippen LogP contribution in [0.15, 0.2) is 29.4 Å². The molecule has 0 atom stereocenters. The number of nitrogens with zero attached hydrogens (tertiary/aromatic N) is 1. The summed E-state index contributed by atoms with van der Waals surface area (Å²) in [5, 5.41) is 0. The molecule has 0 saturated carbocycles. The van der Waals surface area contributed by atoms with E-state index >= 15 is 0 Å². The van der Waals surface area contributed by atoms with Gasteiger partial charge in [0.25, 0.3) is 0 Å². The van der Waals surface area contributed by atoms with Gasteiger partial charge in [0.2, 0.25) is 0 Å². The molecule has 1 nitrogen and oxygen atoms in total. The van der Waals surface area contributed by atoms with E-state index in [2.05, 4.69) is 32.1 Å². The van der Waals surface area contributed by atoms with E-state index in [-0.39, 0.29) is 0 Å². The second-order valence-electron chi connectivity index (χ2n) is 2.11. The maximum atomic E-state index is 3.74. The third kappa shape index (κ3) is 12.4. The minimum absolute atomic E-state index is 0.926. The van der Waals surface area contributed by atoms with Gasteiger partial charge in [-0.25, -0.2) is 0 Å².